The Morgan fingerprint density at radius 2 is 2.11 bits per heavy atom. The molecule has 1 aromatic carbocycles. The monoisotopic (exact) mass is 261 g/mol. The number of aryl methyl sites for hydroxylation is 1. The van der Waals surface area contributed by atoms with Crippen molar-refractivity contribution in [1.82, 2.24) is 4.90 Å². The first-order valence-electron chi connectivity index (χ1n) is 6.49. The zero-order valence-corrected chi connectivity index (χ0v) is 11.3. The number of hydrogen-bond acceptors (Lipinski definition) is 4. The molecule has 0 atom stereocenters. The number of aliphatic hydroxyl groups excluding tert-OH is 1. The summed E-state index contributed by atoms with van der Waals surface area (Å²) in [5.74, 6) is 0. The number of fused-ring (bicyclic) bond motifs is 1. The Morgan fingerprint density at radius 3 is 2.79 bits per heavy atom. The van der Waals surface area contributed by atoms with Gasteiger partial charge in [0.05, 0.1) is 6.61 Å². The van der Waals surface area contributed by atoms with Crippen LogP contribution in [-0.4, -0.2) is 30.2 Å². The van der Waals surface area contributed by atoms with Crippen LogP contribution in [0.15, 0.2) is 33.5 Å². The van der Waals surface area contributed by atoms with Gasteiger partial charge in [-0.3, -0.25) is 4.90 Å². The number of likely N-dealkylation sites (N-methyl/N-ethyl adjacent to an activating group) is 1. The van der Waals surface area contributed by atoms with Crippen LogP contribution in [0.5, 0.6) is 0 Å². The van der Waals surface area contributed by atoms with Crippen LogP contribution in [0.3, 0.4) is 0 Å². The topological polar surface area (TPSA) is 53.7 Å². The maximum absolute atomic E-state index is 11.6. The van der Waals surface area contributed by atoms with Gasteiger partial charge in [-0.05, 0) is 30.7 Å². The molecule has 1 N–H and O–H groups in total. The average Bonchev–Trinajstić information content (AvgIpc) is 2.37. The summed E-state index contributed by atoms with van der Waals surface area (Å²) in [5.41, 5.74) is 2.40. The van der Waals surface area contributed by atoms with E-state index >= 15 is 0 Å². The van der Waals surface area contributed by atoms with E-state index in [0.717, 1.165) is 22.9 Å². The minimum atomic E-state index is -0.326. The Kier molecular flexibility index (Phi) is 4.35. The highest BCUT2D eigenvalue weighted by molar-refractivity contribution is 5.80. The Morgan fingerprint density at radius 1 is 1.32 bits per heavy atom. The molecule has 1 aromatic heterocycles. The standard InChI is InChI=1S/C15H19NO3/c1-3-11-4-5-13-12(10-16(2)6-7-17)9-15(18)19-14(13)8-11/h4-5,8-9,17H,3,6-7,10H2,1-2H3. The molecule has 2 rings (SSSR count). The maximum atomic E-state index is 11.6. The van der Waals surface area contributed by atoms with Gasteiger partial charge in [0, 0.05) is 24.5 Å². The minimum Gasteiger partial charge on any atom is -0.423 e. The molecule has 0 aliphatic carbocycles. The fraction of sp³-hybridized carbons (Fsp3) is 0.400. The summed E-state index contributed by atoms with van der Waals surface area (Å²) >= 11 is 0. The van der Waals surface area contributed by atoms with Crippen molar-refractivity contribution < 1.29 is 9.52 Å². The number of rotatable bonds is 5. The van der Waals surface area contributed by atoms with Crippen molar-refractivity contribution in [3.63, 3.8) is 0 Å². The van der Waals surface area contributed by atoms with E-state index in [2.05, 4.69) is 13.0 Å². The van der Waals surface area contributed by atoms with Gasteiger partial charge in [0.1, 0.15) is 5.58 Å². The lowest BCUT2D eigenvalue weighted by Crippen LogP contribution is -2.22. The summed E-state index contributed by atoms with van der Waals surface area (Å²) < 4.78 is 5.26. The highest BCUT2D eigenvalue weighted by Crippen LogP contribution is 2.20. The number of nitrogens with zero attached hydrogens (tertiary/aromatic N) is 1. The third-order valence-electron chi connectivity index (χ3n) is 3.22. The molecule has 0 fully saturated rings. The molecule has 0 aliphatic heterocycles. The van der Waals surface area contributed by atoms with Gasteiger partial charge in [-0.15, -0.1) is 0 Å². The predicted octanol–water partition coefficient (Wildman–Crippen LogP) is 1.78. The quantitative estimate of drug-likeness (QED) is 0.834. The third kappa shape index (κ3) is 3.22. The number of hydrogen-bond donors (Lipinski definition) is 1. The van der Waals surface area contributed by atoms with Gasteiger partial charge in [-0.1, -0.05) is 19.1 Å². The van der Waals surface area contributed by atoms with Crippen molar-refractivity contribution in [2.75, 3.05) is 20.2 Å². The van der Waals surface area contributed by atoms with E-state index in [1.165, 1.54) is 6.07 Å². The largest absolute Gasteiger partial charge is 0.423 e. The summed E-state index contributed by atoms with van der Waals surface area (Å²) in [6.07, 6.45) is 0.911. The summed E-state index contributed by atoms with van der Waals surface area (Å²) in [7, 11) is 1.91. The molecule has 102 valence electrons. The molecule has 0 radical (unpaired) electrons. The predicted molar refractivity (Wildman–Crippen MR) is 75.3 cm³/mol. The minimum absolute atomic E-state index is 0.107. The summed E-state index contributed by atoms with van der Waals surface area (Å²) in [6, 6.07) is 7.51. The highest BCUT2D eigenvalue weighted by Gasteiger charge is 2.08. The second-order valence-corrected chi connectivity index (χ2v) is 4.74. The van der Waals surface area contributed by atoms with E-state index < -0.39 is 0 Å². The molecule has 0 bridgehead atoms. The van der Waals surface area contributed by atoms with Crippen molar-refractivity contribution in [3.8, 4) is 0 Å². The van der Waals surface area contributed by atoms with E-state index in [-0.39, 0.29) is 12.2 Å². The molecule has 2 aromatic rings. The van der Waals surface area contributed by atoms with E-state index in [4.69, 9.17) is 9.52 Å². The first kappa shape index (κ1) is 13.8. The highest BCUT2D eigenvalue weighted by atomic mass is 16.4. The van der Waals surface area contributed by atoms with Crippen molar-refractivity contribution in [3.05, 3.63) is 45.8 Å². The molecule has 0 saturated heterocycles. The summed E-state index contributed by atoms with van der Waals surface area (Å²) in [6.45, 7) is 3.37. The van der Waals surface area contributed by atoms with Gasteiger partial charge in [-0.25, -0.2) is 4.79 Å². The molecule has 0 saturated carbocycles. The molecule has 4 heteroatoms. The average molecular weight is 261 g/mol. The Hall–Kier alpha value is -1.65. The van der Waals surface area contributed by atoms with Gasteiger partial charge in [0.15, 0.2) is 0 Å². The van der Waals surface area contributed by atoms with E-state index in [9.17, 15) is 4.79 Å². The lowest BCUT2D eigenvalue weighted by atomic mass is 10.1. The van der Waals surface area contributed by atoms with Crippen LogP contribution >= 0.6 is 0 Å². The molecule has 0 unspecified atom stereocenters. The van der Waals surface area contributed by atoms with E-state index in [0.29, 0.717) is 18.7 Å². The SMILES string of the molecule is CCc1ccc2c(CN(C)CCO)cc(=O)oc2c1. The van der Waals surface area contributed by atoms with Gasteiger partial charge < -0.3 is 9.52 Å². The van der Waals surface area contributed by atoms with Crippen LogP contribution in [0.4, 0.5) is 0 Å². The van der Waals surface area contributed by atoms with Crippen LogP contribution in [0.25, 0.3) is 11.0 Å². The first-order valence-corrected chi connectivity index (χ1v) is 6.49. The van der Waals surface area contributed by atoms with Crippen molar-refractivity contribution >= 4 is 11.0 Å². The fourth-order valence-corrected chi connectivity index (χ4v) is 2.17. The van der Waals surface area contributed by atoms with Gasteiger partial charge in [-0.2, -0.15) is 0 Å². The fourth-order valence-electron chi connectivity index (χ4n) is 2.17. The smallest absolute Gasteiger partial charge is 0.336 e. The molecular weight excluding hydrogens is 242 g/mol. The molecule has 0 amide bonds. The van der Waals surface area contributed by atoms with Crippen LogP contribution < -0.4 is 5.63 Å². The maximum Gasteiger partial charge on any atom is 0.336 e. The molecule has 4 nitrogen and oxygen atoms in total. The van der Waals surface area contributed by atoms with Crippen molar-refractivity contribution in [1.29, 1.82) is 0 Å². The van der Waals surface area contributed by atoms with Crippen LogP contribution in [0, 0.1) is 0 Å². The van der Waals surface area contributed by atoms with Crippen LogP contribution in [0.2, 0.25) is 0 Å². The Balaban J connectivity index is 2.45. The molecular formula is C15H19NO3. The molecule has 0 aliphatic rings. The molecule has 19 heavy (non-hydrogen) atoms. The Bertz CT molecular complexity index is 618. The van der Waals surface area contributed by atoms with Gasteiger partial charge in [0.2, 0.25) is 0 Å². The Labute approximate surface area is 112 Å². The first-order chi connectivity index (χ1) is 9.13. The van der Waals surface area contributed by atoms with Crippen molar-refractivity contribution in [2.24, 2.45) is 0 Å². The second kappa shape index (κ2) is 5.99. The molecule has 1 heterocycles. The summed E-state index contributed by atoms with van der Waals surface area (Å²) in [5, 5.41) is 9.89. The number of benzene rings is 1. The second-order valence-electron chi connectivity index (χ2n) is 4.74. The van der Waals surface area contributed by atoms with Crippen molar-refractivity contribution in [2.45, 2.75) is 19.9 Å². The lowest BCUT2D eigenvalue weighted by molar-refractivity contribution is 0.217. The van der Waals surface area contributed by atoms with Gasteiger partial charge >= 0.3 is 5.63 Å². The number of aliphatic hydroxyl groups is 1. The van der Waals surface area contributed by atoms with E-state index in [1.807, 2.05) is 24.1 Å². The zero-order valence-electron chi connectivity index (χ0n) is 11.3. The normalized spacial score (nSPS) is 11.4. The summed E-state index contributed by atoms with van der Waals surface area (Å²) in [4.78, 5) is 13.6. The third-order valence-corrected chi connectivity index (χ3v) is 3.22. The zero-order chi connectivity index (χ0) is 13.8. The lowest BCUT2D eigenvalue weighted by Gasteiger charge is -2.16. The van der Waals surface area contributed by atoms with Gasteiger partial charge in [0.25, 0.3) is 0 Å². The molecule has 0 spiro atoms. The van der Waals surface area contributed by atoms with Crippen LogP contribution in [-0.2, 0) is 13.0 Å². The van der Waals surface area contributed by atoms with E-state index in [1.54, 1.807) is 0 Å². The van der Waals surface area contributed by atoms with Crippen LogP contribution in [0.1, 0.15) is 18.1 Å².